The molecule has 1 heterocycles. The first kappa shape index (κ1) is 24.3. The standard InChI is InChI=1S/C17H20N4OS.CH5N.CH2O/c1-3-18-11-21-15-9-13(12-6-5-7-19-10-12)8-14(16(15)23)17(22)20-4-2;2*1-2/h5-11,23H,3-4H2,1-2H3,(H,18,21)(H,20,22);2H2,1H3;1H2. The van der Waals surface area contributed by atoms with Crippen LogP contribution in [0.3, 0.4) is 0 Å². The summed E-state index contributed by atoms with van der Waals surface area (Å²) in [7, 11) is 1.50. The number of hydrogen-bond acceptors (Lipinski definition) is 6. The van der Waals surface area contributed by atoms with Gasteiger partial charge in [0.1, 0.15) is 6.79 Å². The minimum atomic E-state index is -0.154. The molecule has 0 atom stereocenters. The van der Waals surface area contributed by atoms with E-state index >= 15 is 0 Å². The third-order valence-electron chi connectivity index (χ3n) is 3.18. The number of pyridine rings is 1. The molecule has 2 rings (SSSR count). The van der Waals surface area contributed by atoms with Crippen molar-refractivity contribution in [2.24, 2.45) is 10.7 Å². The first-order valence-corrected chi connectivity index (χ1v) is 8.79. The van der Waals surface area contributed by atoms with Crippen LogP contribution in [0.25, 0.3) is 11.1 Å². The Balaban J connectivity index is 0.00000158. The molecule has 0 saturated heterocycles. The Morgan fingerprint density at radius 3 is 2.56 bits per heavy atom. The molecule has 1 aromatic heterocycles. The zero-order chi connectivity index (χ0) is 20.7. The zero-order valence-electron chi connectivity index (χ0n) is 15.9. The van der Waals surface area contributed by atoms with Crippen molar-refractivity contribution in [1.82, 2.24) is 10.3 Å². The average molecular weight is 390 g/mol. The van der Waals surface area contributed by atoms with E-state index in [2.05, 4.69) is 39.0 Å². The highest BCUT2D eigenvalue weighted by Gasteiger charge is 2.14. The van der Waals surface area contributed by atoms with E-state index in [1.54, 1.807) is 18.7 Å². The van der Waals surface area contributed by atoms with E-state index in [4.69, 9.17) is 4.79 Å². The number of carbonyl (C=O) groups excluding carboxylic acids is 2. The number of carbonyl (C=O) groups is 2. The molecule has 0 aliphatic rings. The van der Waals surface area contributed by atoms with Crippen LogP contribution in [0.1, 0.15) is 24.2 Å². The Kier molecular flexibility index (Phi) is 13.0. The van der Waals surface area contributed by atoms with Crippen LogP contribution >= 0.6 is 12.6 Å². The van der Waals surface area contributed by atoms with Gasteiger partial charge in [-0.05, 0) is 44.7 Å². The summed E-state index contributed by atoms with van der Waals surface area (Å²) in [6.07, 6.45) is 5.09. The highest BCUT2D eigenvalue weighted by atomic mass is 32.1. The summed E-state index contributed by atoms with van der Waals surface area (Å²) in [5.41, 5.74) is 7.57. The Morgan fingerprint density at radius 1 is 1.30 bits per heavy atom. The summed E-state index contributed by atoms with van der Waals surface area (Å²) in [6.45, 7) is 7.07. The summed E-state index contributed by atoms with van der Waals surface area (Å²) < 4.78 is 0. The zero-order valence-corrected chi connectivity index (χ0v) is 16.8. The van der Waals surface area contributed by atoms with E-state index in [0.717, 1.165) is 16.8 Å². The predicted octanol–water partition coefficient (Wildman–Crippen LogP) is 2.64. The van der Waals surface area contributed by atoms with Crippen molar-refractivity contribution in [1.29, 1.82) is 0 Å². The highest BCUT2D eigenvalue weighted by molar-refractivity contribution is 7.80. The van der Waals surface area contributed by atoms with Gasteiger partial charge >= 0.3 is 0 Å². The third-order valence-corrected chi connectivity index (χ3v) is 3.66. The van der Waals surface area contributed by atoms with Crippen LogP contribution in [-0.4, -0.2) is 44.2 Å². The maximum atomic E-state index is 12.3. The number of aromatic nitrogens is 1. The highest BCUT2D eigenvalue weighted by Crippen LogP contribution is 2.31. The number of benzene rings is 1. The Hall–Kier alpha value is -2.71. The van der Waals surface area contributed by atoms with Gasteiger partial charge in [-0.1, -0.05) is 6.07 Å². The van der Waals surface area contributed by atoms with Crippen LogP contribution in [0, 0.1) is 0 Å². The fraction of sp³-hybridized carbons (Fsp3) is 0.263. The van der Waals surface area contributed by atoms with Gasteiger partial charge in [0.15, 0.2) is 0 Å². The normalized spacial score (nSPS) is 9.52. The van der Waals surface area contributed by atoms with Gasteiger partial charge in [0, 0.05) is 35.9 Å². The van der Waals surface area contributed by atoms with E-state index in [9.17, 15) is 4.79 Å². The van der Waals surface area contributed by atoms with Crippen LogP contribution in [0.15, 0.2) is 46.5 Å². The number of anilines is 1. The van der Waals surface area contributed by atoms with Crippen molar-refractivity contribution in [3.63, 3.8) is 0 Å². The van der Waals surface area contributed by atoms with Gasteiger partial charge in [-0.25, -0.2) is 0 Å². The van der Waals surface area contributed by atoms with E-state index in [-0.39, 0.29) is 5.91 Å². The summed E-state index contributed by atoms with van der Waals surface area (Å²) in [4.78, 5) is 29.2. The molecule has 1 aromatic carbocycles. The average Bonchev–Trinajstić information content (AvgIpc) is 2.73. The van der Waals surface area contributed by atoms with Crippen molar-refractivity contribution < 1.29 is 9.59 Å². The Bertz CT molecular complexity index is 724. The van der Waals surface area contributed by atoms with Crippen molar-refractivity contribution in [3.05, 3.63) is 42.2 Å². The van der Waals surface area contributed by atoms with Crippen molar-refractivity contribution >= 4 is 37.4 Å². The number of nitrogens with two attached hydrogens (primary N) is 1. The van der Waals surface area contributed by atoms with E-state index < -0.39 is 0 Å². The number of nitrogens with zero attached hydrogens (tertiary/aromatic N) is 2. The molecule has 2 aromatic rings. The lowest BCUT2D eigenvalue weighted by Gasteiger charge is -2.13. The van der Waals surface area contributed by atoms with E-state index in [1.165, 1.54) is 7.05 Å². The summed E-state index contributed by atoms with van der Waals surface area (Å²) >= 11 is 4.50. The molecule has 0 aliphatic heterocycles. The molecule has 7 nitrogen and oxygen atoms in total. The number of aliphatic imine (C=N–C) groups is 1. The minimum absolute atomic E-state index is 0.154. The number of thiol groups is 1. The molecular weight excluding hydrogens is 362 g/mol. The quantitative estimate of drug-likeness (QED) is 0.345. The fourth-order valence-electron chi connectivity index (χ4n) is 2.08. The first-order valence-electron chi connectivity index (χ1n) is 8.34. The largest absolute Gasteiger partial charge is 0.352 e. The van der Waals surface area contributed by atoms with Gasteiger partial charge < -0.3 is 21.2 Å². The number of amides is 1. The molecule has 27 heavy (non-hydrogen) atoms. The molecule has 0 bridgehead atoms. The maximum absolute atomic E-state index is 12.3. The van der Waals surface area contributed by atoms with E-state index in [1.807, 2.05) is 44.9 Å². The number of rotatable bonds is 6. The lowest BCUT2D eigenvalue weighted by Crippen LogP contribution is -2.23. The van der Waals surface area contributed by atoms with Gasteiger partial charge in [-0.15, -0.1) is 12.6 Å². The second-order valence-corrected chi connectivity index (χ2v) is 5.24. The Labute approximate surface area is 165 Å². The molecule has 1 amide bonds. The summed E-state index contributed by atoms with van der Waals surface area (Å²) in [6, 6.07) is 7.57. The molecule has 0 unspecified atom stereocenters. The SMILES string of the molecule is C=O.CCN=CNc1cc(-c2cccnc2)cc(C(=O)NCC)c1S.CN. The molecule has 0 saturated carbocycles. The molecule has 4 N–H and O–H groups in total. The minimum Gasteiger partial charge on any atom is -0.352 e. The molecule has 0 radical (unpaired) electrons. The molecule has 0 aliphatic carbocycles. The predicted molar refractivity (Wildman–Crippen MR) is 115 cm³/mol. The molecule has 0 spiro atoms. The molecule has 8 heteroatoms. The molecule has 146 valence electrons. The van der Waals surface area contributed by atoms with Crippen LogP contribution in [0.5, 0.6) is 0 Å². The van der Waals surface area contributed by atoms with Crippen LogP contribution in [0.4, 0.5) is 5.69 Å². The van der Waals surface area contributed by atoms with Crippen LogP contribution < -0.4 is 16.4 Å². The summed E-state index contributed by atoms with van der Waals surface area (Å²) in [5, 5.41) is 5.90. The fourth-order valence-corrected chi connectivity index (χ4v) is 2.38. The van der Waals surface area contributed by atoms with Crippen LogP contribution in [0.2, 0.25) is 0 Å². The smallest absolute Gasteiger partial charge is 0.252 e. The van der Waals surface area contributed by atoms with Gasteiger partial charge in [0.25, 0.3) is 5.91 Å². The van der Waals surface area contributed by atoms with Crippen molar-refractivity contribution in [2.45, 2.75) is 18.7 Å². The lowest BCUT2D eigenvalue weighted by molar-refractivity contribution is -0.0980. The van der Waals surface area contributed by atoms with Gasteiger partial charge in [0.2, 0.25) is 0 Å². The first-order chi connectivity index (χ1) is 13.2. The number of nitrogens with one attached hydrogen (secondary N) is 2. The van der Waals surface area contributed by atoms with E-state index in [0.29, 0.717) is 23.5 Å². The molecule has 0 fully saturated rings. The molecular formula is C19H27N5O2S. The second-order valence-electron chi connectivity index (χ2n) is 4.79. The van der Waals surface area contributed by atoms with Gasteiger partial charge in [-0.2, -0.15) is 0 Å². The van der Waals surface area contributed by atoms with Gasteiger partial charge in [0.05, 0.1) is 17.6 Å². The maximum Gasteiger partial charge on any atom is 0.252 e. The Morgan fingerprint density at radius 2 is 2.00 bits per heavy atom. The monoisotopic (exact) mass is 389 g/mol. The van der Waals surface area contributed by atoms with Gasteiger partial charge in [-0.3, -0.25) is 14.8 Å². The summed E-state index contributed by atoms with van der Waals surface area (Å²) in [5.74, 6) is -0.154. The topological polar surface area (TPSA) is 109 Å². The number of hydrogen-bond donors (Lipinski definition) is 4. The second kappa shape index (κ2) is 14.5. The third kappa shape index (κ3) is 7.59. The van der Waals surface area contributed by atoms with Crippen molar-refractivity contribution in [3.8, 4) is 11.1 Å². The van der Waals surface area contributed by atoms with Crippen molar-refractivity contribution in [2.75, 3.05) is 25.5 Å². The van der Waals surface area contributed by atoms with Crippen LogP contribution in [-0.2, 0) is 4.79 Å². The lowest BCUT2D eigenvalue weighted by atomic mass is 10.0.